The smallest absolute Gasteiger partial charge is 0.545 e. The number of allylic oxidation sites excluding steroid dienone is 4. The van der Waals surface area contributed by atoms with Gasteiger partial charge in [-0.05, 0) is 100 Å². The van der Waals surface area contributed by atoms with Crippen molar-refractivity contribution in [2.75, 3.05) is 0 Å². The molecule has 0 fully saturated rings. The van der Waals surface area contributed by atoms with Crippen molar-refractivity contribution in [2.24, 2.45) is 0 Å². The summed E-state index contributed by atoms with van der Waals surface area (Å²) in [5.74, 6) is -5.79. The van der Waals surface area contributed by atoms with Gasteiger partial charge in [-0.25, -0.2) is 0 Å². The molecule has 0 heterocycles. The second kappa shape index (κ2) is 48.5. The number of rotatable bonds is 36. The number of carbonyl (C=O) groups is 4. The van der Waals surface area contributed by atoms with E-state index in [1.54, 1.807) is 0 Å². The van der Waals surface area contributed by atoms with Gasteiger partial charge in [0, 0.05) is 0 Å². The van der Waals surface area contributed by atoms with Crippen LogP contribution in [0.3, 0.4) is 0 Å². The van der Waals surface area contributed by atoms with Crippen molar-refractivity contribution in [3.63, 3.8) is 0 Å². The monoisotopic (exact) mass is 808 g/mol. The number of aliphatic carboxylic acids is 4. The largest absolute Gasteiger partial charge is 2.00 e. The predicted octanol–water partition coefficient (Wildman–Crippen LogP) is 6.92. The number of carbonyl (C=O) groups excluding carboxylic acids is 4. The maximum atomic E-state index is 10.7. The summed E-state index contributed by atoms with van der Waals surface area (Å²) in [4.78, 5) is 42.3. The summed E-state index contributed by atoms with van der Waals surface area (Å²) in [6, 6.07) is 0. The van der Waals surface area contributed by atoms with Crippen LogP contribution in [0, 0.1) is 0 Å². The third-order valence-corrected chi connectivity index (χ3v) is 9.02. The first-order chi connectivity index (χ1) is 25.1. The van der Waals surface area contributed by atoms with E-state index in [1.807, 2.05) is 0 Å². The number of carboxylic acids is 4. The van der Waals surface area contributed by atoms with Gasteiger partial charge in [-0.1, -0.05) is 154 Å². The van der Waals surface area contributed by atoms with Crippen molar-refractivity contribution in [3.05, 3.63) is 47.6 Å². The molecule has 0 amide bonds. The van der Waals surface area contributed by atoms with Crippen LogP contribution in [0.2, 0.25) is 0 Å². The number of hydrogen-bond acceptors (Lipinski definition) is 8. The number of carboxylic acid groups (broad SMARTS) is 4. The van der Waals surface area contributed by atoms with Gasteiger partial charge < -0.3 is 39.6 Å². The second-order valence-corrected chi connectivity index (χ2v) is 13.9. The van der Waals surface area contributed by atoms with Gasteiger partial charge in [0.25, 0.3) is 0 Å². The van der Waals surface area contributed by atoms with Crippen LogP contribution in [0.1, 0.15) is 206 Å². The maximum absolute atomic E-state index is 10.7. The Bertz CT molecular complexity index is 940. The number of unbranched alkanes of at least 4 members (excludes halogenated alkanes) is 24. The molecule has 0 aliphatic rings. The van der Waals surface area contributed by atoms with Gasteiger partial charge in [-0.15, -0.1) is 0 Å². The summed E-state index contributed by atoms with van der Waals surface area (Å²) in [6.45, 7) is 4.49. The summed E-state index contributed by atoms with van der Waals surface area (Å²) in [6.07, 6.45) is 44.1. The zero-order valence-electron chi connectivity index (χ0n) is 34.4. The molecule has 0 atom stereocenters. The molecule has 0 aliphatic carbocycles. The van der Waals surface area contributed by atoms with E-state index in [9.17, 15) is 39.6 Å². The average Bonchev–Trinajstić information content (AvgIpc) is 3.10. The van der Waals surface area contributed by atoms with E-state index in [0.29, 0.717) is 25.0 Å². The number of hydrogen-bond donors (Lipinski definition) is 0. The molecule has 8 nitrogen and oxygen atoms in total. The van der Waals surface area contributed by atoms with Gasteiger partial charge in [0.2, 0.25) is 0 Å². The Morgan fingerprint density at radius 1 is 0.352 bits per heavy atom. The Kier molecular flexibility index (Phi) is 53.9. The molecule has 0 aromatic carbocycles. The van der Waals surface area contributed by atoms with E-state index in [1.165, 1.54) is 116 Å². The van der Waals surface area contributed by atoms with E-state index in [2.05, 4.69) is 38.2 Å². The third kappa shape index (κ3) is 49.4. The molecular weight excluding hydrogens is 737 g/mol. The molecule has 0 N–H and O–H groups in total. The van der Waals surface area contributed by atoms with E-state index < -0.39 is 23.9 Å². The first-order valence-electron chi connectivity index (χ1n) is 20.7. The van der Waals surface area contributed by atoms with Crippen molar-refractivity contribution < 1.29 is 39.6 Å². The van der Waals surface area contributed by atoms with Crippen LogP contribution in [0.25, 0.3) is 0 Å². The minimum absolute atomic E-state index is 0. The molecule has 0 spiro atoms. The van der Waals surface area contributed by atoms with Gasteiger partial charge >= 0.3 is 75.5 Å². The van der Waals surface area contributed by atoms with Crippen LogP contribution < -0.4 is 20.4 Å². The summed E-state index contributed by atoms with van der Waals surface area (Å²) < 4.78 is 0. The quantitative estimate of drug-likeness (QED) is 0.0286. The van der Waals surface area contributed by atoms with Crippen LogP contribution in [0.5, 0.6) is 0 Å². The van der Waals surface area contributed by atoms with Crippen molar-refractivity contribution in [1.29, 1.82) is 0 Å². The molecule has 0 aliphatic heterocycles. The van der Waals surface area contributed by atoms with Crippen molar-refractivity contribution >= 4 is 99.4 Å². The summed E-state index contributed by atoms with van der Waals surface area (Å²) in [5.41, 5.74) is -0.360. The Hall–Kier alpha value is -0.641. The van der Waals surface area contributed by atoms with Gasteiger partial charge in [0.1, 0.15) is 0 Å². The first kappa shape index (κ1) is 60.0. The van der Waals surface area contributed by atoms with E-state index in [-0.39, 0.29) is 99.5 Å². The molecule has 0 aromatic heterocycles. The van der Waals surface area contributed by atoms with Gasteiger partial charge in [-0.3, -0.25) is 0 Å². The van der Waals surface area contributed by atoms with Crippen molar-refractivity contribution in [3.8, 4) is 0 Å². The van der Waals surface area contributed by atoms with E-state index in [4.69, 9.17) is 0 Å². The normalized spacial score (nSPS) is 11.5. The Labute approximate surface area is 389 Å². The molecule has 0 rings (SSSR count). The van der Waals surface area contributed by atoms with Crippen LogP contribution in [-0.4, -0.2) is 99.4 Å². The zero-order chi connectivity index (χ0) is 38.9. The molecule has 0 bridgehead atoms. The van der Waals surface area contributed by atoms with Gasteiger partial charge in [-0.2, -0.15) is 0 Å². The van der Waals surface area contributed by atoms with Crippen molar-refractivity contribution in [1.82, 2.24) is 0 Å². The van der Waals surface area contributed by atoms with Crippen LogP contribution in [0.4, 0.5) is 0 Å². The first-order valence-corrected chi connectivity index (χ1v) is 20.7. The summed E-state index contributed by atoms with van der Waals surface area (Å²) in [5, 5.41) is 42.3. The second-order valence-electron chi connectivity index (χ2n) is 13.9. The fourth-order valence-electron chi connectivity index (χ4n) is 5.88. The fourth-order valence-corrected chi connectivity index (χ4v) is 5.88. The van der Waals surface area contributed by atoms with E-state index in [0.717, 1.165) is 51.4 Å². The molecule has 0 aromatic rings. The Morgan fingerprint density at radius 2 is 0.574 bits per heavy atom. The SMILES string of the molecule is CCCCCCCCC=CCCCCCCCCC(=CC(=O)[O-])C(=O)[O-].CCCCCCCCC=CCCCCCCCCC(=CC(=O)[O-])C(=O)[O-].[Ca+2].[Ca+2]. The topological polar surface area (TPSA) is 161 Å². The minimum atomic E-state index is -1.48. The van der Waals surface area contributed by atoms with Gasteiger partial charge in [0.15, 0.2) is 0 Å². The van der Waals surface area contributed by atoms with Crippen LogP contribution in [-0.2, 0) is 19.2 Å². The Balaban J connectivity index is -0.000000446. The average molecular weight is 809 g/mol. The molecule has 0 unspecified atom stereocenters. The molecule has 300 valence electrons. The zero-order valence-corrected chi connectivity index (χ0v) is 38.8. The molecular formula is C44H72Ca2O8. The van der Waals surface area contributed by atoms with E-state index >= 15 is 0 Å². The van der Waals surface area contributed by atoms with Crippen LogP contribution >= 0.6 is 0 Å². The van der Waals surface area contributed by atoms with Crippen molar-refractivity contribution in [2.45, 2.75) is 206 Å². The summed E-state index contributed by atoms with van der Waals surface area (Å²) >= 11 is 0. The predicted molar refractivity (Wildman–Crippen MR) is 216 cm³/mol. The third-order valence-electron chi connectivity index (χ3n) is 9.02. The molecule has 0 saturated carbocycles. The van der Waals surface area contributed by atoms with Gasteiger partial charge in [0.05, 0.1) is 23.9 Å². The van der Waals surface area contributed by atoms with Crippen LogP contribution in [0.15, 0.2) is 47.6 Å². The molecule has 10 heteroatoms. The maximum Gasteiger partial charge on any atom is 2.00 e. The minimum Gasteiger partial charge on any atom is -0.545 e. The molecule has 0 saturated heterocycles. The summed E-state index contributed by atoms with van der Waals surface area (Å²) in [7, 11) is 0. The Morgan fingerprint density at radius 3 is 0.796 bits per heavy atom. The fraction of sp³-hybridized carbons (Fsp3) is 0.727. The molecule has 54 heavy (non-hydrogen) atoms. The molecule has 0 radical (unpaired) electrons. The standard InChI is InChI=1S/2C22H38O4.2Ca/c2*1-2-3-4-5-6-7-8-9-10-11-12-13-14-15-16-17-18-20(22(25)26)19-21(23)24;;/h2*9-10,19H,2-8,11-18H2,1H3,(H,23,24)(H,25,26);;/q;;2*+2/p-4.